The van der Waals surface area contributed by atoms with Gasteiger partial charge in [0.05, 0.1) is 5.69 Å². The molecule has 2 aromatic carbocycles. The van der Waals surface area contributed by atoms with Crippen LogP contribution in [-0.4, -0.2) is 36.7 Å². The van der Waals surface area contributed by atoms with Crippen LogP contribution in [0.5, 0.6) is 0 Å². The molecule has 0 fully saturated rings. The second-order valence-corrected chi connectivity index (χ2v) is 7.75. The molecule has 7 nitrogen and oxygen atoms in total. The number of carboxylic acids is 1. The summed E-state index contributed by atoms with van der Waals surface area (Å²) in [4.78, 5) is 29.2. The number of amides is 1. The molecule has 0 radical (unpaired) electrons. The molecule has 0 saturated carbocycles. The van der Waals surface area contributed by atoms with Crippen molar-refractivity contribution in [3.63, 3.8) is 0 Å². The number of carboxylic acid groups (broad SMARTS) is 1. The predicted octanol–water partition coefficient (Wildman–Crippen LogP) is -0.846. The molecule has 1 aliphatic rings. The normalized spacial score (nSPS) is 11.9. The number of hydrogen-bond donors (Lipinski definition) is 1. The third-order valence-corrected chi connectivity index (χ3v) is 5.92. The zero-order valence-corrected chi connectivity index (χ0v) is 17.9. The van der Waals surface area contributed by atoms with Crippen LogP contribution >= 0.6 is 11.3 Å². The molecule has 4 rings (SSSR count). The maximum Gasteiger partial charge on any atom is 1.00 e. The third kappa shape index (κ3) is 4.83. The van der Waals surface area contributed by atoms with Crippen molar-refractivity contribution in [3.8, 4) is 11.1 Å². The summed E-state index contributed by atoms with van der Waals surface area (Å²) in [6.45, 7) is 0.625. The zero-order valence-electron chi connectivity index (χ0n) is 17.1. The number of carbonyl (C=O) groups excluding carboxylic acids is 2. The van der Waals surface area contributed by atoms with E-state index >= 15 is 0 Å². The minimum Gasteiger partial charge on any atom is -0.550 e. The molecule has 9 heteroatoms. The fraction of sp³-hybridized carbons (Fsp3) is 0.227. The topological polar surface area (TPSA) is 109 Å². The first kappa shape index (κ1) is 23.0. The SMILES string of the molecule is NCCN(C(=O)OCC1c2ccccc2-c2ccccc21)c1nc(CC(=O)[O-])cs1.[Li+]. The third-order valence-electron chi connectivity index (χ3n) is 5.01. The number of hydrogen-bond acceptors (Lipinski definition) is 7. The van der Waals surface area contributed by atoms with E-state index in [1.54, 1.807) is 5.38 Å². The van der Waals surface area contributed by atoms with Crippen molar-refractivity contribution < 1.29 is 38.3 Å². The summed E-state index contributed by atoms with van der Waals surface area (Å²) in [7, 11) is 0. The summed E-state index contributed by atoms with van der Waals surface area (Å²) >= 11 is 1.17. The molecule has 2 N–H and O–H groups in total. The van der Waals surface area contributed by atoms with Gasteiger partial charge >= 0.3 is 25.0 Å². The summed E-state index contributed by atoms with van der Waals surface area (Å²) in [6, 6.07) is 16.2. The summed E-state index contributed by atoms with van der Waals surface area (Å²) in [5.41, 5.74) is 10.6. The van der Waals surface area contributed by atoms with Gasteiger partial charge in [-0.25, -0.2) is 9.78 Å². The number of anilines is 1. The fourth-order valence-corrected chi connectivity index (χ4v) is 4.56. The molecule has 0 atom stereocenters. The monoisotopic (exact) mass is 429 g/mol. The summed E-state index contributed by atoms with van der Waals surface area (Å²) < 4.78 is 5.67. The molecule has 0 aliphatic heterocycles. The van der Waals surface area contributed by atoms with Crippen molar-refractivity contribution in [1.82, 2.24) is 4.98 Å². The number of aliphatic carboxylic acids is 1. The Morgan fingerprint density at radius 1 is 1.10 bits per heavy atom. The summed E-state index contributed by atoms with van der Waals surface area (Å²) in [6.07, 6.45) is -0.867. The number of aromatic nitrogens is 1. The van der Waals surface area contributed by atoms with Gasteiger partial charge in [0.15, 0.2) is 5.13 Å². The minimum atomic E-state index is -1.22. The number of nitrogens with zero attached hydrogens (tertiary/aromatic N) is 2. The van der Waals surface area contributed by atoms with Crippen molar-refractivity contribution >= 4 is 28.5 Å². The first-order valence-electron chi connectivity index (χ1n) is 9.55. The number of nitrogens with two attached hydrogens (primary N) is 1. The van der Waals surface area contributed by atoms with Gasteiger partial charge in [-0.15, -0.1) is 11.3 Å². The van der Waals surface area contributed by atoms with E-state index in [9.17, 15) is 14.7 Å². The first-order valence-corrected chi connectivity index (χ1v) is 10.4. The Morgan fingerprint density at radius 2 is 1.71 bits per heavy atom. The Bertz CT molecular complexity index is 1040. The molecule has 154 valence electrons. The summed E-state index contributed by atoms with van der Waals surface area (Å²) in [5, 5.41) is 12.7. The maximum absolute atomic E-state index is 12.8. The quantitative estimate of drug-likeness (QED) is 0.491. The van der Waals surface area contributed by atoms with E-state index in [-0.39, 0.29) is 50.9 Å². The van der Waals surface area contributed by atoms with Crippen molar-refractivity contribution in [2.75, 3.05) is 24.6 Å². The van der Waals surface area contributed by atoms with Crippen LogP contribution < -0.4 is 34.6 Å². The van der Waals surface area contributed by atoms with Gasteiger partial charge < -0.3 is 20.4 Å². The van der Waals surface area contributed by atoms with Crippen LogP contribution in [0.3, 0.4) is 0 Å². The van der Waals surface area contributed by atoms with Gasteiger partial charge in [-0.05, 0) is 22.3 Å². The van der Waals surface area contributed by atoms with E-state index < -0.39 is 12.1 Å². The average Bonchev–Trinajstić information content (AvgIpc) is 3.32. The van der Waals surface area contributed by atoms with Gasteiger partial charge in [0.1, 0.15) is 6.61 Å². The van der Waals surface area contributed by atoms with Gasteiger partial charge in [0.25, 0.3) is 0 Å². The molecular formula is C22H20LiN3O4S. The number of fused-ring (bicyclic) bond motifs is 3. The van der Waals surface area contributed by atoms with E-state index in [1.807, 2.05) is 24.3 Å². The molecule has 1 amide bonds. The molecule has 1 aromatic heterocycles. The molecule has 0 unspecified atom stereocenters. The van der Waals surface area contributed by atoms with E-state index in [0.717, 1.165) is 22.3 Å². The fourth-order valence-electron chi connectivity index (χ4n) is 3.72. The Kier molecular flexibility index (Phi) is 7.52. The molecule has 1 aliphatic carbocycles. The van der Waals surface area contributed by atoms with E-state index in [2.05, 4.69) is 29.2 Å². The van der Waals surface area contributed by atoms with Crippen LogP contribution in [0.25, 0.3) is 11.1 Å². The van der Waals surface area contributed by atoms with Crippen LogP contribution in [0.4, 0.5) is 9.93 Å². The van der Waals surface area contributed by atoms with Crippen LogP contribution in [0.15, 0.2) is 53.9 Å². The molecular weight excluding hydrogens is 409 g/mol. The van der Waals surface area contributed by atoms with Crippen LogP contribution in [-0.2, 0) is 16.0 Å². The van der Waals surface area contributed by atoms with Crippen LogP contribution in [0, 0.1) is 0 Å². The molecule has 0 spiro atoms. The number of benzene rings is 2. The first-order chi connectivity index (χ1) is 14.6. The molecule has 1 heterocycles. The standard InChI is InChI=1S/C22H21N3O4S.Li/c23-9-10-25(21-24-14(13-30-21)11-20(26)27)22(28)29-12-19-17-7-3-1-5-15(17)16-6-2-4-8-18(16)19;/h1-8,13,19H,9-12,23H2,(H,26,27);/q;+1/p-1. The van der Waals surface area contributed by atoms with Gasteiger partial charge in [0, 0.05) is 36.8 Å². The van der Waals surface area contributed by atoms with E-state index in [1.165, 1.54) is 16.2 Å². The number of ether oxygens (including phenoxy) is 1. The molecule has 0 saturated heterocycles. The average molecular weight is 429 g/mol. The zero-order chi connectivity index (χ0) is 21.1. The number of carbonyl (C=O) groups is 2. The van der Waals surface area contributed by atoms with Gasteiger partial charge in [-0.2, -0.15) is 0 Å². The molecule has 0 bridgehead atoms. The van der Waals surface area contributed by atoms with E-state index in [0.29, 0.717) is 10.8 Å². The smallest absolute Gasteiger partial charge is 0.550 e. The Morgan fingerprint density at radius 3 is 2.29 bits per heavy atom. The summed E-state index contributed by atoms with van der Waals surface area (Å²) in [5.74, 6) is -1.27. The largest absolute Gasteiger partial charge is 1.00 e. The minimum absolute atomic E-state index is 0. The molecule has 3 aromatic rings. The van der Waals surface area contributed by atoms with Gasteiger partial charge in [-0.3, -0.25) is 4.90 Å². The van der Waals surface area contributed by atoms with Crippen molar-refractivity contribution in [2.24, 2.45) is 5.73 Å². The second kappa shape index (κ2) is 10.1. The molecule has 31 heavy (non-hydrogen) atoms. The van der Waals surface area contributed by atoms with Crippen LogP contribution in [0.1, 0.15) is 22.7 Å². The van der Waals surface area contributed by atoms with Crippen molar-refractivity contribution in [3.05, 3.63) is 70.7 Å². The Balaban J connectivity index is 0.00000272. The number of rotatable bonds is 7. The Labute approximate surface area is 196 Å². The van der Waals surface area contributed by atoms with Gasteiger partial charge in [-0.1, -0.05) is 48.5 Å². The predicted molar refractivity (Wildman–Crippen MR) is 112 cm³/mol. The van der Waals surface area contributed by atoms with Gasteiger partial charge in [0.2, 0.25) is 0 Å². The maximum atomic E-state index is 12.8. The van der Waals surface area contributed by atoms with Crippen LogP contribution in [0.2, 0.25) is 0 Å². The van der Waals surface area contributed by atoms with E-state index in [4.69, 9.17) is 10.5 Å². The van der Waals surface area contributed by atoms with Crippen molar-refractivity contribution in [2.45, 2.75) is 12.3 Å². The number of thiazole rings is 1. The Hall–Kier alpha value is -2.63. The second-order valence-electron chi connectivity index (χ2n) is 6.91. The van der Waals surface area contributed by atoms with Crippen molar-refractivity contribution in [1.29, 1.82) is 0 Å².